The number of hydrogen-bond acceptors (Lipinski definition) is 6. The summed E-state index contributed by atoms with van der Waals surface area (Å²) in [7, 11) is 1.59. The van der Waals surface area contributed by atoms with Crippen molar-refractivity contribution >= 4 is 54.3 Å². The van der Waals surface area contributed by atoms with Crippen LogP contribution in [0.1, 0.15) is 5.01 Å². The Bertz CT molecular complexity index is 796. The Hall–Kier alpha value is -1.77. The fourth-order valence-corrected chi connectivity index (χ4v) is 3.80. The van der Waals surface area contributed by atoms with Crippen LogP contribution in [0.3, 0.4) is 0 Å². The predicted octanol–water partition coefficient (Wildman–Crippen LogP) is 2.98. The summed E-state index contributed by atoms with van der Waals surface area (Å²) in [5.41, 5.74) is 1.81. The molecule has 6 nitrogen and oxygen atoms in total. The lowest BCUT2D eigenvalue weighted by Gasteiger charge is -2.03. The highest BCUT2D eigenvalue weighted by Gasteiger charge is 2.12. The van der Waals surface area contributed by atoms with Crippen molar-refractivity contribution in [3.63, 3.8) is 0 Å². The smallest absolute Gasteiger partial charge is 0.321 e. The average molecular weight is 322 g/mol. The van der Waals surface area contributed by atoms with Gasteiger partial charge in [0, 0.05) is 13.7 Å². The molecule has 0 unspecified atom stereocenters. The van der Waals surface area contributed by atoms with Crippen molar-refractivity contribution in [3.05, 3.63) is 17.1 Å². The lowest BCUT2D eigenvalue weighted by Crippen LogP contribution is -2.31. The van der Waals surface area contributed by atoms with Crippen molar-refractivity contribution in [3.8, 4) is 0 Å². The Kier molecular flexibility index (Phi) is 4.00. The molecule has 0 bridgehead atoms. The molecule has 2 heterocycles. The molecule has 110 valence electrons. The summed E-state index contributed by atoms with van der Waals surface area (Å²) >= 11 is 3.10. The van der Waals surface area contributed by atoms with Crippen LogP contribution in [0.2, 0.25) is 0 Å². The van der Waals surface area contributed by atoms with Crippen LogP contribution in [-0.4, -0.2) is 36.3 Å². The summed E-state index contributed by atoms with van der Waals surface area (Å²) in [6.45, 7) is 2.93. The summed E-state index contributed by atoms with van der Waals surface area (Å²) in [5, 5.41) is 7.03. The van der Waals surface area contributed by atoms with E-state index < -0.39 is 0 Å². The molecule has 21 heavy (non-hydrogen) atoms. The largest absolute Gasteiger partial charge is 0.383 e. The first kappa shape index (κ1) is 14.2. The number of methoxy groups -OCH3 is 1. The molecule has 2 N–H and O–H groups in total. The first-order valence-electron chi connectivity index (χ1n) is 6.38. The second kappa shape index (κ2) is 5.92. The van der Waals surface area contributed by atoms with Crippen LogP contribution in [0.4, 0.5) is 9.93 Å². The molecule has 0 saturated heterocycles. The predicted molar refractivity (Wildman–Crippen MR) is 86.4 cm³/mol. The molecular formula is C13H14N4O2S2. The molecule has 1 aromatic carbocycles. The Labute approximate surface area is 129 Å². The molecule has 0 saturated carbocycles. The molecule has 0 aliphatic heterocycles. The first-order valence-corrected chi connectivity index (χ1v) is 8.01. The van der Waals surface area contributed by atoms with Gasteiger partial charge in [0.05, 0.1) is 26.5 Å². The van der Waals surface area contributed by atoms with E-state index in [-0.39, 0.29) is 6.03 Å². The van der Waals surface area contributed by atoms with Gasteiger partial charge in [0.25, 0.3) is 0 Å². The highest BCUT2D eigenvalue weighted by molar-refractivity contribution is 7.24. The maximum Gasteiger partial charge on any atom is 0.321 e. The van der Waals surface area contributed by atoms with Gasteiger partial charge >= 0.3 is 6.03 Å². The van der Waals surface area contributed by atoms with Crippen LogP contribution in [0.15, 0.2) is 12.1 Å². The number of ether oxygens (including phenoxy) is 1. The minimum Gasteiger partial charge on any atom is -0.383 e. The topological polar surface area (TPSA) is 76.1 Å². The third-order valence-electron chi connectivity index (χ3n) is 2.83. The second-order valence-electron chi connectivity index (χ2n) is 4.39. The van der Waals surface area contributed by atoms with Crippen LogP contribution in [0, 0.1) is 6.92 Å². The van der Waals surface area contributed by atoms with Gasteiger partial charge < -0.3 is 10.1 Å². The molecule has 8 heteroatoms. The number of nitrogens with zero attached hydrogens (tertiary/aromatic N) is 2. The average Bonchev–Trinajstić information content (AvgIpc) is 3.00. The highest BCUT2D eigenvalue weighted by atomic mass is 32.1. The number of aromatic nitrogens is 2. The van der Waals surface area contributed by atoms with E-state index in [0.29, 0.717) is 18.3 Å². The van der Waals surface area contributed by atoms with Gasteiger partial charge in [0.1, 0.15) is 5.52 Å². The van der Waals surface area contributed by atoms with Gasteiger partial charge in [-0.2, -0.15) is 0 Å². The molecular weight excluding hydrogens is 308 g/mol. The summed E-state index contributed by atoms with van der Waals surface area (Å²) in [4.78, 5) is 20.7. The van der Waals surface area contributed by atoms with E-state index in [4.69, 9.17) is 4.74 Å². The molecule has 0 radical (unpaired) electrons. The Morgan fingerprint density at radius 3 is 3.00 bits per heavy atom. The summed E-state index contributed by atoms with van der Waals surface area (Å²) in [6, 6.07) is 3.70. The molecule has 2 amide bonds. The Morgan fingerprint density at radius 2 is 2.19 bits per heavy atom. The van der Waals surface area contributed by atoms with E-state index in [2.05, 4.69) is 20.6 Å². The number of aryl methyl sites for hydroxylation is 1. The number of fused-ring (bicyclic) bond motifs is 3. The normalized spacial score (nSPS) is 11.1. The molecule has 0 spiro atoms. The van der Waals surface area contributed by atoms with Crippen LogP contribution < -0.4 is 10.6 Å². The zero-order valence-corrected chi connectivity index (χ0v) is 13.2. The molecule has 0 aliphatic carbocycles. The van der Waals surface area contributed by atoms with Crippen LogP contribution in [-0.2, 0) is 4.74 Å². The third kappa shape index (κ3) is 2.97. The van der Waals surface area contributed by atoms with Gasteiger partial charge in [0.2, 0.25) is 0 Å². The molecule has 0 aliphatic rings. The fraction of sp³-hybridized carbons (Fsp3) is 0.308. The minimum absolute atomic E-state index is 0.281. The maximum absolute atomic E-state index is 11.7. The van der Waals surface area contributed by atoms with Crippen molar-refractivity contribution in [1.82, 2.24) is 15.3 Å². The van der Waals surface area contributed by atoms with E-state index >= 15 is 0 Å². The van der Waals surface area contributed by atoms with Gasteiger partial charge in [-0.05, 0) is 19.1 Å². The van der Waals surface area contributed by atoms with Crippen molar-refractivity contribution < 1.29 is 9.53 Å². The first-order chi connectivity index (χ1) is 10.2. The highest BCUT2D eigenvalue weighted by Crippen LogP contribution is 2.34. The number of thiazole rings is 2. The molecule has 0 fully saturated rings. The van der Waals surface area contributed by atoms with E-state index in [1.807, 2.05) is 19.1 Å². The number of nitrogens with one attached hydrogen (secondary N) is 2. The summed E-state index contributed by atoms with van der Waals surface area (Å²) < 4.78 is 7.02. The van der Waals surface area contributed by atoms with Crippen molar-refractivity contribution in [2.75, 3.05) is 25.6 Å². The summed E-state index contributed by atoms with van der Waals surface area (Å²) in [5.74, 6) is 0. The molecule has 0 atom stereocenters. The SMILES string of the molecule is COCCNC(=O)Nc1nc2ccc3sc(C)nc3c2s1. The zero-order chi connectivity index (χ0) is 14.8. The van der Waals surface area contributed by atoms with Crippen LogP contribution >= 0.6 is 22.7 Å². The van der Waals surface area contributed by atoms with Gasteiger partial charge in [0.15, 0.2) is 5.13 Å². The van der Waals surface area contributed by atoms with Gasteiger partial charge in [-0.1, -0.05) is 11.3 Å². The lowest BCUT2D eigenvalue weighted by atomic mass is 10.3. The second-order valence-corrected chi connectivity index (χ2v) is 6.62. The standard InChI is InChI=1S/C13H14N4O2S2/c1-7-15-10-9(20-7)4-3-8-11(10)21-13(16-8)17-12(18)14-5-6-19-2/h3-4H,5-6H2,1-2H3,(H2,14,16,17,18). The van der Waals surface area contributed by atoms with E-state index in [9.17, 15) is 4.79 Å². The third-order valence-corrected chi connectivity index (χ3v) is 4.76. The maximum atomic E-state index is 11.7. The number of carbonyl (C=O) groups is 1. The monoisotopic (exact) mass is 322 g/mol. The van der Waals surface area contributed by atoms with E-state index in [0.717, 1.165) is 25.4 Å². The number of urea groups is 1. The number of rotatable bonds is 4. The number of carbonyl (C=O) groups excluding carboxylic acids is 1. The molecule has 2 aromatic heterocycles. The van der Waals surface area contributed by atoms with Crippen LogP contribution in [0.25, 0.3) is 20.4 Å². The molecule has 3 rings (SSSR count). The summed E-state index contributed by atoms with van der Waals surface area (Å²) in [6.07, 6.45) is 0. The van der Waals surface area contributed by atoms with Gasteiger partial charge in [-0.15, -0.1) is 11.3 Å². The van der Waals surface area contributed by atoms with E-state index in [1.54, 1.807) is 18.4 Å². The minimum atomic E-state index is -0.281. The van der Waals surface area contributed by atoms with Crippen molar-refractivity contribution in [2.24, 2.45) is 0 Å². The van der Waals surface area contributed by atoms with Gasteiger partial charge in [-0.25, -0.2) is 14.8 Å². The van der Waals surface area contributed by atoms with Gasteiger partial charge in [-0.3, -0.25) is 5.32 Å². The Balaban J connectivity index is 1.84. The van der Waals surface area contributed by atoms with E-state index in [1.165, 1.54) is 11.3 Å². The Morgan fingerprint density at radius 1 is 1.33 bits per heavy atom. The number of benzene rings is 1. The lowest BCUT2D eigenvalue weighted by molar-refractivity contribution is 0.198. The fourth-order valence-electron chi connectivity index (χ4n) is 1.95. The zero-order valence-electron chi connectivity index (χ0n) is 11.6. The number of anilines is 1. The quantitative estimate of drug-likeness (QED) is 0.724. The molecule has 3 aromatic rings. The number of hydrogen-bond donors (Lipinski definition) is 2. The van der Waals surface area contributed by atoms with Crippen molar-refractivity contribution in [2.45, 2.75) is 6.92 Å². The van der Waals surface area contributed by atoms with Crippen LogP contribution in [0.5, 0.6) is 0 Å². The number of amides is 2. The van der Waals surface area contributed by atoms with Crippen molar-refractivity contribution in [1.29, 1.82) is 0 Å².